The number of rotatable bonds is 6. The van der Waals surface area contributed by atoms with E-state index in [1.54, 1.807) is 23.4 Å². The Morgan fingerprint density at radius 1 is 1.28 bits per heavy atom. The van der Waals surface area contributed by atoms with Crippen molar-refractivity contribution >= 4 is 29.3 Å². The molecule has 1 aliphatic heterocycles. The van der Waals surface area contributed by atoms with Gasteiger partial charge in [-0.2, -0.15) is 5.10 Å². The Kier molecular flexibility index (Phi) is 6.59. The average Bonchev–Trinajstić information content (AvgIpc) is 3.08. The van der Waals surface area contributed by atoms with E-state index in [4.69, 9.17) is 17.3 Å². The van der Waals surface area contributed by atoms with Crippen LogP contribution in [0.5, 0.6) is 0 Å². The molecule has 0 atom stereocenters. The van der Waals surface area contributed by atoms with E-state index in [0.29, 0.717) is 30.0 Å². The third kappa shape index (κ3) is 4.77. The van der Waals surface area contributed by atoms with Gasteiger partial charge in [-0.25, -0.2) is 4.39 Å². The molecule has 3 N–H and O–H groups in total. The molecule has 0 fully saturated rings. The molecule has 3 rings (SSSR count). The number of nitrogens with one attached hydrogen (secondary N) is 1. The molecular weight excluding hydrogens is 437 g/mol. The quantitative estimate of drug-likeness (QED) is 0.686. The molecule has 10 heteroatoms. The van der Waals surface area contributed by atoms with Gasteiger partial charge in [0, 0.05) is 24.6 Å². The fourth-order valence-electron chi connectivity index (χ4n) is 3.66. The predicted molar refractivity (Wildman–Crippen MR) is 118 cm³/mol. The van der Waals surface area contributed by atoms with Crippen LogP contribution in [0.1, 0.15) is 50.2 Å². The van der Waals surface area contributed by atoms with Crippen molar-refractivity contribution in [2.24, 2.45) is 11.1 Å². The summed E-state index contributed by atoms with van der Waals surface area (Å²) in [6.07, 6.45) is 0.0199. The zero-order chi connectivity index (χ0) is 23.8. The van der Waals surface area contributed by atoms with Crippen molar-refractivity contribution in [1.82, 2.24) is 20.0 Å². The lowest BCUT2D eigenvalue weighted by molar-refractivity contribution is -0.141. The third-order valence-electron chi connectivity index (χ3n) is 5.40. The Balaban J connectivity index is 1.87. The first-order chi connectivity index (χ1) is 14.9. The molecule has 172 valence electrons. The Bertz CT molecular complexity index is 1080. The van der Waals surface area contributed by atoms with Gasteiger partial charge in [0.2, 0.25) is 11.8 Å². The lowest BCUT2D eigenvalue weighted by atomic mass is 9.87. The molecule has 0 saturated carbocycles. The smallest absolute Gasteiger partial charge is 0.252 e. The summed E-state index contributed by atoms with van der Waals surface area (Å²) in [7, 11) is 0. The van der Waals surface area contributed by atoms with Crippen molar-refractivity contribution in [2.75, 3.05) is 6.54 Å². The van der Waals surface area contributed by atoms with Gasteiger partial charge in [0.1, 0.15) is 11.5 Å². The molecule has 0 unspecified atom stereocenters. The van der Waals surface area contributed by atoms with Crippen LogP contribution >= 0.6 is 11.6 Å². The van der Waals surface area contributed by atoms with Crippen LogP contribution < -0.4 is 11.1 Å². The van der Waals surface area contributed by atoms with Crippen LogP contribution in [0.25, 0.3) is 11.3 Å². The minimum Gasteiger partial charge on any atom is -0.365 e. The van der Waals surface area contributed by atoms with Gasteiger partial charge in [0.15, 0.2) is 0 Å². The number of fused-ring (bicyclic) bond motifs is 1. The van der Waals surface area contributed by atoms with Crippen LogP contribution in [0.3, 0.4) is 0 Å². The Hall–Kier alpha value is -2.94. The lowest BCUT2D eigenvalue weighted by Crippen LogP contribution is -2.45. The van der Waals surface area contributed by atoms with Gasteiger partial charge < -0.3 is 16.0 Å². The minimum absolute atomic E-state index is 0.0199. The summed E-state index contributed by atoms with van der Waals surface area (Å²) >= 11 is 5.89. The van der Waals surface area contributed by atoms with E-state index in [-0.39, 0.29) is 41.4 Å². The molecule has 2 heterocycles. The van der Waals surface area contributed by atoms with Gasteiger partial charge in [-0.15, -0.1) is 0 Å². The summed E-state index contributed by atoms with van der Waals surface area (Å²) in [6, 6.07) is 4.02. The largest absolute Gasteiger partial charge is 0.365 e. The van der Waals surface area contributed by atoms with E-state index >= 15 is 0 Å². The number of amides is 3. The normalized spacial score (nSPS) is 13.8. The van der Waals surface area contributed by atoms with Crippen molar-refractivity contribution in [3.05, 3.63) is 40.3 Å². The van der Waals surface area contributed by atoms with Gasteiger partial charge in [0.25, 0.3) is 5.91 Å². The highest BCUT2D eigenvalue weighted by molar-refractivity contribution is 6.31. The van der Waals surface area contributed by atoms with E-state index in [0.717, 1.165) is 0 Å². The number of aromatic nitrogens is 2. The molecule has 1 aromatic heterocycles. The third-order valence-corrected chi connectivity index (χ3v) is 5.69. The number of hydrogen-bond acceptors (Lipinski definition) is 4. The summed E-state index contributed by atoms with van der Waals surface area (Å²) in [5, 5.41) is 7.22. The van der Waals surface area contributed by atoms with Crippen LogP contribution in [-0.2, 0) is 22.7 Å². The molecule has 0 saturated heterocycles. The summed E-state index contributed by atoms with van der Waals surface area (Å²) in [4.78, 5) is 39.3. The predicted octanol–water partition coefficient (Wildman–Crippen LogP) is 2.72. The maximum atomic E-state index is 13.6. The van der Waals surface area contributed by atoms with E-state index in [2.05, 4.69) is 10.4 Å². The average molecular weight is 464 g/mol. The van der Waals surface area contributed by atoms with Crippen LogP contribution in [0.4, 0.5) is 4.39 Å². The van der Waals surface area contributed by atoms with Crippen molar-refractivity contribution < 1.29 is 18.8 Å². The molecule has 1 aromatic carbocycles. The molecule has 3 amide bonds. The summed E-state index contributed by atoms with van der Waals surface area (Å²) in [5.41, 5.74) is 6.17. The van der Waals surface area contributed by atoms with Crippen molar-refractivity contribution in [3.63, 3.8) is 0 Å². The van der Waals surface area contributed by atoms with Crippen LogP contribution in [-0.4, -0.2) is 45.0 Å². The number of carbonyl (C=O) groups is 3. The molecule has 1 aliphatic rings. The van der Waals surface area contributed by atoms with Gasteiger partial charge in [-0.05, 0) is 32.0 Å². The monoisotopic (exact) mass is 463 g/mol. The second-order valence-corrected chi connectivity index (χ2v) is 9.30. The molecule has 0 bridgehead atoms. The summed E-state index contributed by atoms with van der Waals surface area (Å²) < 4.78 is 15.2. The first kappa shape index (κ1) is 23.7. The van der Waals surface area contributed by atoms with Crippen LogP contribution in [0.2, 0.25) is 5.02 Å². The Morgan fingerprint density at radius 2 is 1.97 bits per heavy atom. The Labute approximate surface area is 190 Å². The molecule has 8 nitrogen and oxygen atoms in total. The first-order valence-corrected chi connectivity index (χ1v) is 10.7. The number of nitrogens with zero attached hydrogens (tertiary/aromatic N) is 3. The minimum atomic E-state index is -0.887. The van der Waals surface area contributed by atoms with Gasteiger partial charge in [-0.1, -0.05) is 25.4 Å². The van der Waals surface area contributed by atoms with Gasteiger partial charge >= 0.3 is 0 Å². The number of primary amides is 1. The molecule has 2 aromatic rings. The standard InChI is InChI=1S/C22H27ClFN5O3/c1-12(2)26-21(32)22(3,4)10-17(30)28-7-8-29-16(11-28)18(20(25)31)19(27-29)13-5-6-15(24)14(23)9-13/h5-6,9,12H,7-8,10-11H2,1-4H3,(H2,25,31)(H,26,32). The maximum Gasteiger partial charge on any atom is 0.252 e. The highest BCUT2D eigenvalue weighted by Crippen LogP contribution is 2.31. The van der Waals surface area contributed by atoms with Gasteiger partial charge in [0.05, 0.1) is 34.8 Å². The number of nitrogens with two attached hydrogens (primary N) is 1. The van der Waals surface area contributed by atoms with E-state index in [1.165, 1.54) is 18.2 Å². The second kappa shape index (κ2) is 8.90. The molecule has 32 heavy (non-hydrogen) atoms. The summed E-state index contributed by atoms with van der Waals surface area (Å²) in [5.74, 6) is -1.69. The Morgan fingerprint density at radius 3 is 2.56 bits per heavy atom. The number of carbonyl (C=O) groups excluding carboxylic acids is 3. The van der Waals surface area contributed by atoms with Crippen molar-refractivity contribution in [1.29, 1.82) is 0 Å². The van der Waals surface area contributed by atoms with E-state index in [1.807, 2.05) is 13.8 Å². The number of benzene rings is 1. The van der Waals surface area contributed by atoms with Crippen LogP contribution in [0.15, 0.2) is 18.2 Å². The highest BCUT2D eigenvalue weighted by atomic mass is 35.5. The van der Waals surface area contributed by atoms with Crippen molar-refractivity contribution in [3.8, 4) is 11.3 Å². The molecule has 0 aliphatic carbocycles. The van der Waals surface area contributed by atoms with Crippen LogP contribution in [0, 0.1) is 11.2 Å². The van der Waals surface area contributed by atoms with E-state index < -0.39 is 17.1 Å². The molecular formula is C22H27ClFN5O3. The zero-order valence-electron chi connectivity index (χ0n) is 18.5. The zero-order valence-corrected chi connectivity index (χ0v) is 19.3. The highest BCUT2D eigenvalue weighted by Gasteiger charge is 2.35. The summed E-state index contributed by atoms with van der Waals surface area (Å²) in [6.45, 7) is 8.02. The first-order valence-electron chi connectivity index (χ1n) is 10.3. The second-order valence-electron chi connectivity index (χ2n) is 8.89. The molecule has 0 spiro atoms. The fourth-order valence-corrected chi connectivity index (χ4v) is 3.84. The molecule has 0 radical (unpaired) electrons. The number of hydrogen-bond donors (Lipinski definition) is 2. The maximum absolute atomic E-state index is 13.6. The van der Waals surface area contributed by atoms with Gasteiger partial charge in [-0.3, -0.25) is 19.1 Å². The number of halogens is 2. The fraction of sp³-hybridized carbons (Fsp3) is 0.455. The lowest BCUT2D eigenvalue weighted by Gasteiger charge is -2.31. The topological polar surface area (TPSA) is 110 Å². The van der Waals surface area contributed by atoms with E-state index in [9.17, 15) is 18.8 Å². The SMILES string of the molecule is CC(C)NC(=O)C(C)(C)CC(=O)N1CCn2nc(-c3ccc(F)c(Cl)c3)c(C(N)=O)c2C1. The van der Waals surface area contributed by atoms with Crippen molar-refractivity contribution in [2.45, 2.75) is 53.2 Å².